The molecule has 118 valence electrons. The zero-order valence-electron chi connectivity index (χ0n) is 12.2. The van der Waals surface area contributed by atoms with Gasteiger partial charge in [-0.05, 0) is 40.4 Å². The van der Waals surface area contributed by atoms with Crippen LogP contribution in [0.5, 0.6) is 0 Å². The Morgan fingerprint density at radius 2 is 2.17 bits per heavy atom. The minimum absolute atomic E-state index is 0.0383. The number of carbonyl (C=O) groups is 1. The molecule has 1 saturated heterocycles. The lowest BCUT2D eigenvalue weighted by molar-refractivity contribution is -0.384. The van der Waals surface area contributed by atoms with E-state index in [1.165, 1.54) is 12.1 Å². The van der Waals surface area contributed by atoms with Crippen LogP contribution >= 0.6 is 15.9 Å². The first-order valence-electron chi connectivity index (χ1n) is 7.20. The fraction of sp³-hybridized carbons (Fsp3) is 0.250. The second-order valence-electron chi connectivity index (χ2n) is 5.47. The van der Waals surface area contributed by atoms with Crippen molar-refractivity contribution in [3.63, 3.8) is 0 Å². The number of nitro benzene ring substituents is 1. The Balaban J connectivity index is 1.75. The van der Waals surface area contributed by atoms with Crippen molar-refractivity contribution in [1.82, 2.24) is 4.98 Å². The third-order valence-electron chi connectivity index (χ3n) is 3.92. The molecule has 3 rings (SSSR count). The summed E-state index contributed by atoms with van der Waals surface area (Å²) < 4.78 is 0.824. The van der Waals surface area contributed by atoms with E-state index in [1.807, 2.05) is 12.1 Å². The molecule has 7 heteroatoms. The second kappa shape index (κ2) is 6.45. The highest BCUT2D eigenvalue weighted by atomic mass is 79.9. The van der Waals surface area contributed by atoms with E-state index in [2.05, 4.69) is 20.9 Å². The van der Waals surface area contributed by atoms with Gasteiger partial charge in [0.2, 0.25) is 5.91 Å². The summed E-state index contributed by atoms with van der Waals surface area (Å²) in [5.41, 5.74) is 1.64. The van der Waals surface area contributed by atoms with Crippen LogP contribution in [0.2, 0.25) is 0 Å². The number of halogens is 1. The standard InChI is InChI=1S/C16H14BrN3O3/c17-13-8-15(10-18-9-13)19-5-4-12(16(19)21)6-11-2-1-3-14(7-11)20(22)23/h1-3,7-10,12H,4-6H2. The molecule has 1 aromatic carbocycles. The predicted octanol–water partition coefficient (Wildman–Crippen LogP) is 3.35. The number of nitrogens with zero attached hydrogens (tertiary/aromatic N) is 3. The number of carbonyl (C=O) groups excluding carboxylic acids is 1. The molecular formula is C16H14BrN3O3. The second-order valence-corrected chi connectivity index (χ2v) is 6.38. The van der Waals surface area contributed by atoms with Crippen LogP contribution in [0.3, 0.4) is 0 Å². The zero-order chi connectivity index (χ0) is 16.4. The lowest BCUT2D eigenvalue weighted by Crippen LogP contribution is -2.27. The van der Waals surface area contributed by atoms with Crippen LogP contribution in [0.15, 0.2) is 47.2 Å². The van der Waals surface area contributed by atoms with Crippen molar-refractivity contribution in [2.45, 2.75) is 12.8 Å². The largest absolute Gasteiger partial charge is 0.311 e. The first kappa shape index (κ1) is 15.6. The maximum atomic E-state index is 12.6. The minimum Gasteiger partial charge on any atom is -0.311 e. The van der Waals surface area contributed by atoms with Crippen LogP contribution in [0.4, 0.5) is 11.4 Å². The average Bonchev–Trinajstić information content (AvgIpc) is 2.88. The SMILES string of the molecule is O=C1C(Cc2cccc([N+](=O)[O-])c2)CCN1c1cncc(Br)c1. The molecule has 1 aliphatic heterocycles. The highest BCUT2D eigenvalue weighted by Crippen LogP contribution is 2.29. The van der Waals surface area contributed by atoms with E-state index in [4.69, 9.17) is 0 Å². The van der Waals surface area contributed by atoms with Crippen molar-refractivity contribution < 1.29 is 9.72 Å². The number of hydrogen-bond acceptors (Lipinski definition) is 4. The molecule has 0 aliphatic carbocycles. The van der Waals surface area contributed by atoms with Crippen molar-refractivity contribution in [2.75, 3.05) is 11.4 Å². The molecule has 6 nitrogen and oxygen atoms in total. The van der Waals surface area contributed by atoms with Gasteiger partial charge < -0.3 is 4.90 Å². The van der Waals surface area contributed by atoms with Crippen LogP contribution in [0.25, 0.3) is 0 Å². The lowest BCUT2D eigenvalue weighted by atomic mass is 9.98. The summed E-state index contributed by atoms with van der Waals surface area (Å²) in [7, 11) is 0. The van der Waals surface area contributed by atoms with Gasteiger partial charge in [0.05, 0.1) is 16.8 Å². The summed E-state index contributed by atoms with van der Waals surface area (Å²) >= 11 is 3.36. The molecule has 0 N–H and O–H groups in total. The van der Waals surface area contributed by atoms with Crippen molar-refractivity contribution in [3.8, 4) is 0 Å². The third-order valence-corrected chi connectivity index (χ3v) is 4.36. The fourth-order valence-corrected chi connectivity index (χ4v) is 3.17. The molecule has 1 aromatic heterocycles. The Kier molecular flexibility index (Phi) is 4.38. The summed E-state index contributed by atoms with van der Waals surface area (Å²) in [5.74, 6) is -0.118. The highest BCUT2D eigenvalue weighted by molar-refractivity contribution is 9.10. The summed E-state index contributed by atoms with van der Waals surface area (Å²) in [5, 5.41) is 10.8. The van der Waals surface area contributed by atoms with Crippen molar-refractivity contribution in [3.05, 3.63) is 62.9 Å². The van der Waals surface area contributed by atoms with Crippen molar-refractivity contribution >= 4 is 33.2 Å². The quantitative estimate of drug-likeness (QED) is 0.606. The Morgan fingerprint density at radius 1 is 1.35 bits per heavy atom. The number of anilines is 1. The number of hydrogen-bond donors (Lipinski definition) is 0. The van der Waals surface area contributed by atoms with Crippen LogP contribution < -0.4 is 4.90 Å². The molecule has 23 heavy (non-hydrogen) atoms. The zero-order valence-corrected chi connectivity index (χ0v) is 13.8. The summed E-state index contributed by atoms with van der Waals surface area (Å²) in [6.07, 6.45) is 4.58. The van der Waals surface area contributed by atoms with E-state index >= 15 is 0 Å². The topological polar surface area (TPSA) is 76.3 Å². The Labute approximate surface area is 141 Å². The van der Waals surface area contributed by atoms with Crippen molar-refractivity contribution in [2.24, 2.45) is 5.92 Å². The van der Waals surface area contributed by atoms with Gasteiger partial charge in [0.1, 0.15) is 0 Å². The summed E-state index contributed by atoms with van der Waals surface area (Å²) in [6.45, 7) is 0.635. The molecule has 0 radical (unpaired) electrons. The normalized spacial score (nSPS) is 17.5. The van der Waals surface area contributed by atoms with E-state index < -0.39 is 4.92 Å². The van der Waals surface area contributed by atoms with Gasteiger partial charge in [-0.25, -0.2) is 0 Å². The molecule has 1 aliphatic rings. The van der Waals surface area contributed by atoms with Crippen LogP contribution in [-0.2, 0) is 11.2 Å². The first-order chi connectivity index (χ1) is 11.0. The predicted molar refractivity (Wildman–Crippen MR) is 89.2 cm³/mol. The van der Waals surface area contributed by atoms with Crippen LogP contribution in [-0.4, -0.2) is 22.4 Å². The van der Waals surface area contributed by atoms with E-state index in [-0.39, 0.29) is 17.5 Å². The smallest absolute Gasteiger partial charge is 0.269 e. The molecule has 2 heterocycles. The van der Waals surface area contributed by atoms with Gasteiger partial charge in [0.15, 0.2) is 0 Å². The molecule has 0 saturated carbocycles. The first-order valence-corrected chi connectivity index (χ1v) is 7.99. The van der Waals surface area contributed by atoms with Gasteiger partial charge >= 0.3 is 0 Å². The van der Waals surface area contributed by atoms with Gasteiger partial charge in [0.25, 0.3) is 5.69 Å². The maximum absolute atomic E-state index is 12.6. The molecule has 0 bridgehead atoms. The van der Waals surface area contributed by atoms with Gasteiger partial charge in [-0.1, -0.05) is 12.1 Å². The van der Waals surface area contributed by atoms with Gasteiger partial charge in [-0.15, -0.1) is 0 Å². The van der Waals surface area contributed by atoms with E-state index in [9.17, 15) is 14.9 Å². The monoisotopic (exact) mass is 375 g/mol. The van der Waals surface area contributed by atoms with E-state index in [0.717, 1.165) is 22.1 Å². The number of non-ortho nitro benzene ring substituents is 1. The molecule has 1 unspecified atom stereocenters. The Bertz CT molecular complexity index is 766. The fourth-order valence-electron chi connectivity index (χ4n) is 2.81. The van der Waals surface area contributed by atoms with Gasteiger partial charge in [-0.3, -0.25) is 19.9 Å². The molecule has 2 aromatic rings. The number of benzene rings is 1. The lowest BCUT2D eigenvalue weighted by Gasteiger charge is -2.16. The number of pyridine rings is 1. The average molecular weight is 376 g/mol. The van der Waals surface area contributed by atoms with E-state index in [0.29, 0.717) is 13.0 Å². The van der Waals surface area contributed by atoms with Gasteiger partial charge in [0, 0.05) is 35.3 Å². The number of nitro groups is 1. The van der Waals surface area contributed by atoms with E-state index in [1.54, 1.807) is 23.4 Å². The molecular weight excluding hydrogens is 362 g/mol. The molecule has 1 fully saturated rings. The van der Waals surface area contributed by atoms with Crippen LogP contribution in [0, 0.1) is 16.0 Å². The number of aromatic nitrogens is 1. The summed E-state index contributed by atoms with van der Waals surface area (Å²) in [4.78, 5) is 28.8. The van der Waals surface area contributed by atoms with Crippen LogP contribution in [0.1, 0.15) is 12.0 Å². The third kappa shape index (κ3) is 3.39. The minimum atomic E-state index is -0.417. The Morgan fingerprint density at radius 3 is 2.91 bits per heavy atom. The molecule has 1 atom stereocenters. The maximum Gasteiger partial charge on any atom is 0.269 e. The molecule has 1 amide bonds. The Hall–Kier alpha value is -2.28. The summed E-state index contributed by atoms with van der Waals surface area (Å²) in [6, 6.07) is 8.34. The highest BCUT2D eigenvalue weighted by Gasteiger charge is 2.32. The van der Waals surface area contributed by atoms with Crippen molar-refractivity contribution in [1.29, 1.82) is 0 Å². The van der Waals surface area contributed by atoms with Gasteiger partial charge in [-0.2, -0.15) is 0 Å². The molecule has 0 spiro atoms. The number of rotatable bonds is 4. The number of amides is 1.